The number of furan rings is 1. The monoisotopic (exact) mass is 183 g/mol. The highest BCUT2D eigenvalue weighted by molar-refractivity contribution is 8.00. The van der Waals surface area contributed by atoms with Gasteiger partial charge in [0.1, 0.15) is 5.76 Å². The summed E-state index contributed by atoms with van der Waals surface area (Å²) in [5.41, 5.74) is 0. The Morgan fingerprint density at radius 2 is 2.58 bits per heavy atom. The lowest BCUT2D eigenvalue weighted by molar-refractivity contribution is -0.127. The van der Waals surface area contributed by atoms with Crippen molar-refractivity contribution in [3.05, 3.63) is 24.2 Å². The summed E-state index contributed by atoms with van der Waals surface area (Å²) in [6, 6.07) is 3.72. The van der Waals surface area contributed by atoms with Gasteiger partial charge >= 0.3 is 0 Å². The van der Waals surface area contributed by atoms with Crippen molar-refractivity contribution in [3.8, 4) is 0 Å². The topological polar surface area (TPSA) is 33.5 Å². The van der Waals surface area contributed by atoms with Crippen LogP contribution in [0.2, 0.25) is 0 Å². The highest BCUT2D eigenvalue weighted by Crippen LogP contribution is 2.17. The molecule has 0 N–H and O–H groups in total. The number of carbonyl (C=O) groups excluding carboxylic acids is 1. The second kappa shape index (κ2) is 3.23. The molecule has 0 radical (unpaired) electrons. The Bertz CT molecular complexity index is 271. The second-order valence-corrected chi connectivity index (χ2v) is 3.60. The lowest BCUT2D eigenvalue weighted by Gasteiger charge is -2.11. The number of nitrogens with zero attached hydrogens (tertiary/aromatic N) is 1. The van der Waals surface area contributed by atoms with Crippen LogP contribution in [0.3, 0.4) is 0 Å². The van der Waals surface area contributed by atoms with Crippen LogP contribution in [0.15, 0.2) is 22.8 Å². The van der Waals surface area contributed by atoms with Gasteiger partial charge < -0.3 is 9.32 Å². The molecule has 1 aromatic heterocycles. The Balaban J connectivity index is 1.99. The van der Waals surface area contributed by atoms with Crippen LogP contribution in [0.1, 0.15) is 5.76 Å². The first kappa shape index (κ1) is 7.73. The summed E-state index contributed by atoms with van der Waals surface area (Å²) >= 11 is 1.65. The molecule has 0 bridgehead atoms. The highest BCUT2D eigenvalue weighted by Gasteiger charge is 2.21. The first-order chi connectivity index (χ1) is 5.86. The van der Waals surface area contributed by atoms with Crippen molar-refractivity contribution in [2.75, 3.05) is 11.6 Å². The van der Waals surface area contributed by atoms with Gasteiger partial charge in [-0.1, -0.05) is 0 Å². The van der Waals surface area contributed by atoms with Crippen LogP contribution in [0.5, 0.6) is 0 Å². The van der Waals surface area contributed by atoms with Gasteiger partial charge in [-0.3, -0.25) is 4.79 Å². The molecule has 4 heteroatoms. The molecule has 1 aliphatic heterocycles. The van der Waals surface area contributed by atoms with Crippen LogP contribution >= 0.6 is 11.8 Å². The first-order valence-corrected chi connectivity index (χ1v) is 4.89. The van der Waals surface area contributed by atoms with Crippen molar-refractivity contribution in [1.29, 1.82) is 0 Å². The molecule has 1 aromatic rings. The Morgan fingerprint density at radius 3 is 3.17 bits per heavy atom. The Kier molecular flexibility index (Phi) is 2.08. The molecule has 0 aliphatic carbocycles. The van der Waals surface area contributed by atoms with Crippen LogP contribution in [-0.4, -0.2) is 22.4 Å². The van der Waals surface area contributed by atoms with Crippen LogP contribution in [-0.2, 0) is 11.3 Å². The van der Waals surface area contributed by atoms with Gasteiger partial charge in [-0.05, 0) is 12.1 Å². The largest absolute Gasteiger partial charge is 0.467 e. The maximum atomic E-state index is 11.2. The zero-order valence-corrected chi connectivity index (χ0v) is 7.34. The number of hydrogen-bond donors (Lipinski definition) is 0. The lowest BCUT2D eigenvalue weighted by atomic mass is 10.4. The molecule has 1 saturated heterocycles. The van der Waals surface area contributed by atoms with Crippen LogP contribution < -0.4 is 0 Å². The lowest BCUT2D eigenvalue weighted by Crippen LogP contribution is -2.24. The predicted octanol–water partition coefficient (Wildman–Crippen LogP) is 1.31. The van der Waals surface area contributed by atoms with E-state index in [2.05, 4.69) is 0 Å². The second-order valence-electron chi connectivity index (χ2n) is 2.65. The molecule has 64 valence electrons. The van der Waals surface area contributed by atoms with E-state index in [1.54, 1.807) is 22.9 Å². The molecular formula is C8H9NO2S. The Hall–Kier alpha value is -0.900. The standard InChI is InChI=1S/C8H9NO2S/c10-8-5-12-6-9(8)4-7-2-1-3-11-7/h1-3H,4-6H2. The van der Waals surface area contributed by atoms with Crippen LogP contribution in [0.4, 0.5) is 0 Å². The maximum absolute atomic E-state index is 11.2. The molecule has 0 saturated carbocycles. The summed E-state index contributed by atoms with van der Waals surface area (Å²) in [7, 11) is 0. The van der Waals surface area contributed by atoms with Crippen molar-refractivity contribution in [3.63, 3.8) is 0 Å². The van der Waals surface area contributed by atoms with E-state index in [0.717, 1.165) is 11.6 Å². The van der Waals surface area contributed by atoms with Gasteiger partial charge in [0.25, 0.3) is 0 Å². The molecule has 1 amide bonds. The fourth-order valence-electron chi connectivity index (χ4n) is 1.13. The van der Waals surface area contributed by atoms with E-state index < -0.39 is 0 Å². The van der Waals surface area contributed by atoms with Crippen LogP contribution in [0.25, 0.3) is 0 Å². The minimum Gasteiger partial charge on any atom is -0.467 e. The van der Waals surface area contributed by atoms with E-state index in [1.807, 2.05) is 12.1 Å². The van der Waals surface area contributed by atoms with E-state index in [4.69, 9.17) is 4.42 Å². The molecule has 1 aliphatic rings. The predicted molar refractivity (Wildman–Crippen MR) is 46.6 cm³/mol. The van der Waals surface area contributed by atoms with Crippen molar-refractivity contribution in [1.82, 2.24) is 4.90 Å². The van der Waals surface area contributed by atoms with Crippen molar-refractivity contribution in [2.24, 2.45) is 0 Å². The third-order valence-electron chi connectivity index (χ3n) is 1.75. The summed E-state index contributed by atoms with van der Waals surface area (Å²) < 4.78 is 5.14. The molecule has 0 aromatic carbocycles. The summed E-state index contributed by atoms with van der Waals surface area (Å²) in [6.07, 6.45) is 1.63. The molecular weight excluding hydrogens is 174 g/mol. The smallest absolute Gasteiger partial charge is 0.233 e. The average molecular weight is 183 g/mol. The van der Waals surface area contributed by atoms with Gasteiger partial charge in [-0.2, -0.15) is 0 Å². The molecule has 0 spiro atoms. The Morgan fingerprint density at radius 1 is 1.67 bits per heavy atom. The van der Waals surface area contributed by atoms with E-state index >= 15 is 0 Å². The zero-order chi connectivity index (χ0) is 8.39. The number of amides is 1. The Labute approximate surface area is 74.7 Å². The summed E-state index contributed by atoms with van der Waals surface area (Å²) in [4.78, 5) is 13.0. The van der Waals surface area contributed by atoms with Gasteiger partial charge in [-0.15, -0.1) is 11.8 Å². The highest BCUT2D eigenvalue weighted by atomic mass is 32.2. The minimum absolute atomic E-state index is 0.205. The molecule has 0 atom stereocenters. The van der Waals surface area contributed by atoms with Crippen molar-refractivity contribution >= 4 is 17.7 Å². The van der Waals surface area contributed by atoms with Gasteiger partial charge in [0.2, 0.25) is 5.91 Å². The maximum Gasteiger partial charge on any atom is 0.233 e. The van der Waals surface area contributed by atoms with Crippen LogP contribution in [0, 0.1) is 0 Å². The summed E-state index contributed by atoms with van der Waals surface area (Å²) in [6.45, 7) is 0.610. The van der Waals surface area contributed by atoms with E-state index in [9.17, 15) is 4.79 Å². The van der Waals surface area contributed by atoms with E-state index in [1.165, 1.54) is 0 Å². The van der Waals surface area contributed by atoms with Gasteiger partial charge in [0, 0.05) is 0 Å². The molecule has 2 heterocycles. The third kappa shape index (κ3) is 1.48. The zero-order valence-electron chi connectivity index (χ0n) is 6.53. The molecule has 0 unspecified atom stereocenters. The first-order valence-electron chi connectivity index (χ1n) is 3.74. The molecule has 12 heavy (non-hydrogen) atoms. The summed E-state index contributed by atoms with van der Waals surface area (Å²) in [5.74, 6) is 2.46. The normalized spacial score (nSPS) is 17.3. The number of carbonyl (C=O) groups is 1. The third-order valence-corrected chi connectivity index (χ3v) is 2.70. The number of rotatable bonds is 2. The minimum atomic E-state index is 0.205. The van der Waals surface area contributed by atoms with Crippen molar-refractivity contribution < 1.29 is 9.21 Å². The van der Waals surface area contributed by atoms with Crippen molar-refractivity contribution in [2.45, 2.75) is 6.54 Å². The average Bonchev–Trinajstić information content (AvgIpc) is 2.65. The fraction of sp³-hybridized carbons (Fsp3) is 0.375. The quantitative estimate of drug-likeness (QED) is 0.693. The summed E-state index contributed by atoms with van der Waals surface area (Å²) in [5, 5.41) is 0. The fourth-order valence-corrected chi connectivity index (χ4v) is 2.04. The molecule has 2 rings (SSSR count). The van der Waals surface area contributed by atoms with Gasteiger partial charge in [0.15, 0.2) is 0 Å². The van der Waals surface area contributed by atoms with Gasteiger partial charge in [-0.25, -0.2) is 0 Å². The molecule has 1 fully saturated rings. The number of thioether (sulfide) groups is 1. The SMILES string of the molecule is O=C1CSCN1Cc1ccco1. The van der Waals surface area contributed by atoms with Gasteiger partial charge in [0.05, 0.1) is 24.4 Å². The van der Waals surface area contributed by atoms with E-state index in [-0.39, 0.29) is 5.91 Å². The number of hydrogen-bond acceptors (Lipinski definition) is 3. The van der Waals surface area contributed by atoms with E-state index in [0.29, 0.717) is 12.3 Å². The molecule has 3 nitrogen and oxygen atoms in total.